The molecule has 0 unspecified atom stereocenters. The Morgan fingerprint density at radius 1 is 1.00 bits per heavy atom. The van der Waals surface area contributed by atoms with E-state index in [1.165, 1.54) is 43.4 Å². The van der Waals surface area contributed by atoms with E-state index in [-0.39, 0.29) is 0 Å². The van der Waals surface area contributed by atoms with Crippen molar-refractivity contribution < 1.29 is 0 Å². The number of hydrogen-bond donors (Lipinski definition) is 1. The molecule has 2 aromatic rings. The van der Waals surface area contributed by atoms with Crippen LogP contribution in [0.15, 0.2) is 18.5 Å². The second-order valence-electron chi connectivity index (χ2n) is 7.95. The third kappa shape index (κ3) is 3.24. The Labute approximate surface area is 154 Å². The number of anilines is 2. The van der Waals surface area contributed by atoms with Gasteiger partial charge < -0.3 is 10.2 Å². The predicted octanol–water partition coefficient (Wildman–Crippen LogP) is 2.96. The van der Waals surface area contributed by atoms with E-state index in [0.717, 1.165) is 49.8 Å². The van der Waals surface area contributed by atoms with Crippen LogP contribution in [-0.4, -0.2) is 39.8 Å². The van der Waals surface area contributed by atoms with Crippen molar-refractivity contribution >= 4 is 11.6 Å². The molecule has 26 heavy (non-hydrogen) atoms. The quantitative estimate of drug-likeness (QED) is 0.836. The molecule has 6 nitrogen and oxygen atoms in total. The fraction of sp³-hybridized carbons (Fsp3) is 0.600. The van der Waals surface area contributed by atoms with Gasteiger partial charge in [-0.3, -0.25) is 0 Å². The number of aryl methyl sites for hydroxylation is 1. The lowest BCUT2D eigenvalue weighted by molar-refractivity contribution is 0.425. The van der Waals surface area contributed by atoms with E-state index in [9.17, 15) is 0 Å². The van der Waals surface area contributed by atoms with Gasteiger partial charge in [0.15, 0.2) is 5.82 Å². The highest BCUT2D eigenvalue weighted by Gasteiger charge is 2.29. The zero-order chi connectivity index (χ0) is 17.3. The number of nitrogens with one attached hydrogen (secondary N) is 1. The highest BCUT2D eigenvalue weighted by atomic mass is 15.3. The van der Waals surface area contributed by atoms with Gasteiger partial charge in [-0.15, -0.1) is 5.10 Å². The number of rotatable bonds is 5. The van der Waals surface area contributed by atoms with Gasteiger partial charge in [0.2, 0.25) is 0 Å². The lowest BCUT2D eigenvalue weighted by atomic mass is 10.00. The third-order valence-electron chi connectivity index (χ3n) is 5.88. The first-order valence-electron chi connectivity index (χ1n) is 10.0. The van der Waals surface area contributed by atoms with Crippen molar-refractivity contribution in [2.24, 2.45) is 5.92 Å². The molecule has 5 rings (SSSR count). The molecule has 0 spiro atoms. The van der Waals surface area contributed by atoms with E-state index in [0.29, 0.717) is 11.8 Å². The fourth-order valence-corrected chi connectivity index (χ4v) is 4.08. The maximum Gasteiger partial charge on any atom is 0.151 e. The van der Waals surface area contributed by atoms with Crippen LogP contribution in [0, 0.1) is 5.92 Å². The Morgan fingerprint density at radius 3 is 2.69 bits per heavy atom. The number of aromatic nitrogens is 4. The van der Waals surface area contributed by atoms with Crippen molar-refractivity contribution in [3.8, 4) is 0 Å². The second-order valence-corrected chi connectivity index (χ2v) is 7.95. The Balaban J connectivity index is 1.16. The molecule has 0 bridgehead atoms. The zero-order valence-electron chi connectivity index (χ0n) is 15.2. The van der Waals surface area contributed by atoms with Crippen LogP contribution in [0.3, 0.4) is 0 Å². The first-order chi connectivity index (χ1) is 12.9. The highest BCUT2D eigenvalue weighted by Crippen LogP contribution is 2.39. The minimum atomic E-state index is 0.635. The molecule has 0 amide bonds. The summed E-state index contributed by atoms with van der Waals surface area (Å²) in [5, 5.41) is 12.4. The molecule has 0 atom stereocenters. The van der Waals surface area contributed by atoms with E-state index in [4.69, 9.17) is 0 Å². The maximum absolute atomic E-state index is 4.52. The van der Waals surface area contributed by atoms with Crippen LogP contribution in [0.2, 0.25) is 0 Å². The van der Waals surface area contributed by atoms with Gasteiger partial charge in [0.05, 0.1) is 5.69 Å². The molecule has 2 fully saturated rings. The van der Waals surface area contributed by atoms with Crippen LogP contribution in [-0.2, 0) is 12.8 Å². The van der Waals surface area contributed by atoms with E-state index >= 15 is 0 Å². The second kappa shape index (κ2) is 6.82. The monoisotopic (exact) mass is 350 g/mol. The minimum Gasteiger partial charge on any atom is -0.369 e. The van der Waals surface area contributed by atoms with Crippen molar-refractivity contribution in [2.45, 2.75) is 50.9 Å². The molecule has 1 N–H and O–H groups in total. The maximum atomic E-state index is 4.52. The average molecular weight is 350 g/mol. The molecule has 1 saturated carbocycles. The van der Waals surface area contributed by atoms with Gasteiger partial charge in [-0.05, 0) is 50.7 Å². The smallest absolute Gasteiger partial charge is 0.151 e. The Kier molecular flexibility index (Phi) is 4.19. The topological polar surface area (TPSA) is 66.8 Å². The predicted molar refractivity (Wildman–Crippen MR) is 101 cm³/mol. The van der Waals surface area contributed by atoms with Gasteiger partial charge in [-0.1, -0.05) is 6.42 Å². The highest BCUT2D eigenvalue weighted by molar-refractivity contribution is 5.47. The van der Waals surface area contributed by atoms with Gasteiger partial charge in [-0.2, -0.15) is 5.10 Å². The van der Waals surface area contributed by atoms with Crippen LogP contribution < -0.4 is 10.2 Å². The summed E-state index contributed by atoms with van der Waals surface area (Å²) < 4.78 is 0. The average Bonchev–Trinajstić information content (AvgIpc) is 3.48. The summed E-state index contributed by atoms with van der Waals surface area (Å²) >= 11 is 0. The molecule has 2 aliphatic carbocycles. The molecule has 3 heterocycles. The van der Waals surface area contributed by atoms with Crippen molar-refractivity contribution in [1.82, 2.24) is 20.2 Å². The summed E-state index contributed by atoms with van der Waals surface area (Å²) in [4.78, 5) is 11.3. The van der Waals surface area contributed by atoms with Gasteiger partial charge in [0, 0.05) is 42.7 Å². The largest absolute Gasteiger partial charge is 0.369 e. The summed E-state index contributed by atoms with van der Waals surface area (Å²) in [7, 11) is 0. The zero-order valence-corrected chi connectivity index (χ0v) is 15.2. The van der Waals surface area contributed by atoms with Gasteiger partial charge >= 0.3 is 0 Å². The molecule has 3 aliphatic rings. The molecule has 136 valence electrons. The summed E-state index contributed by atoms with van der Waals surface area (Å²) in [6.45, 7) is 3.04. The van der Waals surface area contributed by atoms with Crippen molar-refractivity contribution in [3.05, 3.63) is 35.4 Å². The number of fused-ring (bicyclic) bond motifs is 1. The standard InChI is InChI=1S/C20H26N6/c1-2-4-16-18(5-3-1)22-13-23-20(16)21-10-14-11-26(12-14)19-9-8-17(24-25-19)15-6-7-15/h8-9,13-15H,1-7,10-12H2,(H,21,22,23). The molecule has 2 aromatic heterocycles. The first-order valence-corrected chi connectivity index (χ1v) is 10.0. The molecule has 6 heteroatoms. The third-order valence-corrected chi connectivity index (χ3v) is 5.88. The SMILES string of the molecule is c1nc2c(c(NCC3CN(c4ccc(C5CC5)nn4)C3)n1)CCCCC2. The van der Waals surface area contributed by atoms with E-state index in [2.05, 4.69) is 42.5 Å². The first kappa shape index (κ1) is 16.0. The Morgan fingerprint density at radius 2 is 1.88 bits per heavy atom. The summed E-state index contributed by atoms with van der Waals surface area (Å²) in [5.74, 6) is 3.38. The molecule has 0 aromatic carbocycles. The van der Waals surface area contributed by atoms with Crippen LogP contribution in [0.1, 0.15) is 55.0 Å². The Hall–Kier alpha value is -2.24. The van der Waals surface area contributed by atoms with E-state index < -0.39 is 0 Å². The van der Waals surface area contributed by atoms with E-state index in [1.54, 1.807) is 6.33 Å². The van der Waals surface area contributed by atoms with Crippen molar-refractivity contribution in [1.29, 1.82) is 0 Å². The summed E-state index contributed by atoms with van der Waals surface area (Å²) in [6.07, 6.45) is 10.3. The molecule has 1 saturated heterocycles. The van der Waals surface area contributed by atoms with Crippen LogP contribution in [0.4, 0.5) is 11.6 Å². The Bertz CT molecular complexity index is 764. The van der Waals surface area contributed by atoms with Crippen molar-refractivity contribution in [3.63, 3.8) is 0 Å². The summed E-state index contributed by atoms with van der Waals surface area (Å²) in [6, 6.07) is 4.29. The lowest BCUT2D eigenvalue weighted by Crippen LogP contribution is -2.50. The van der Waals surface area contributed by atoms with E-state index in [1.807, 2.05) is 0 Å². The van der Waals surface area contributed by atoms with Crippen molar-refractivity contribution in [2.75, 3.05) is 29.9 Å². The van der Waals surface area contributed by atoms with Gasteiger partial charge in [0.1, 0.15) is 12.1 Å². The van der Waals surface area contributed by atoms with Crippen LogP contribution in [0.25, 0.3) is 0 Å². The minimum absolute atomic E-state index is 0.635. The lowest BCUT2D eigenvalue weighted by Gasteiger charge is -2.40. The van der Waals surface area contributed by atoms with Crippen LogP contribution >= 0.6 is 0 Å². The molecular formula is C20H26N6. The number of hydrogen-bond acceptors (Lipinski definition) is 6. The van der Waals surface area contributed by atoms with Gasteiger partial charge in [0.25, 0.3) is 0 Å². The molecular weight excluding hydrogens is 324 g/mol. The normalized spacial score (nSPS) is 20.2. The fourth-order valence-electron chi connectivity index (χ4n) is 4.08. The molecule has 0 radical (unpaired) electrons. The number of nitrogens with zero attached hydrogens (tertiary/aromatic N) is 5. The van der Waals surface area contributed by atoms with Crippen LogP contribution in [0.5, 0.6) is 0 Å². The van der Waals surface area contributed by atoms with Gasteiger partial charge in [-0.25, -0.2) is 9.97 Å². The molecule has 1 aliphatic heterocycles. The summed E-state index contributed by atoms with van der Waals surface area (Å²) in [5.41, 5.74) is 3.76.